The number of para-hydroxylation sites is 2. The van der Waals surface area contributed by atoms with Crippen LogP contribution in [0.3, 0.4) is 0 Å². The molecule has 0 bridgehead atoms. The van der Waals surface area contributed by atoms with E-state index in [0.29, 0.717) is 5.92 Å². The average molecular weight is 610 g/mol. The predicted octanol–water partition coefficient (Wildman–Crippen LogP) is 13.1. The van der Waals surface area contributed by atoms with E-state index in [1.807, 2.05) is 0 Å². The summed E-state index contributed by atoms with van der Waals surface area (Å²) in [7, 11) is 0. The van der Waals surface area contributed by atoms with Crippen LogP contribution >= 0.6 is 0 Å². The second-order valence-corrected chi connectivity index (χ2v) is 14.0. The molecule has 0 aliphatic heterocycles. The SMILES string of the molecule is CC1(C)c2ccccc2-c2ccc(N(c3ccc(-c4ccccc4)cc3)c3cccc4c3oc3c(C5CCCCC5)cccc34)cc21. The largest absolute Gasteiger partial charge is 0.454 e. The van der Waals surface area contributed by atoms with E-state index in [2.05, 4.69) is 152 Å². The van der Waals surface area contributed by atoms with Crippen molar-refractivity contribution in [3.63, 3.8) is 0 Å². The molecule has 2 heteroatoms. The third kappa shape index (κ3) is 4.53. The number of anilines is 3. The van der Waals surface area contributed by atoms with Crippen LogP contribution in [0.1, 0.15) is 68.6 Å². The normalized spacial score (nSPS) is 15.5. The number of nitrogens with zero attached hydrogens (tertiary/aromatic N) is 1. The molecule has 47 heavy (non-hydrogen) atoms. The highest BCUT2D eigenvalue weighted by atomic mass is 16.3. The first kappa shape index (κ1) is 28.2. The first-order valence-electron chi connectivity index (χ1n) is 17.2. The van der Waals surface area contributed by atoms with Gasteiger partial charge >= 0.3 is 0 Å². The van der Waals surface area contributed by atoms with Crippen molar-refractivity contribution in [3.8, 4) is 22.3 Å². The Morgan fingerprint density at radius 3 is 2.02 bits per heavy atom. The van der Waals surface area contributed by atoms with Crippen molar-refractivity contribution >= 4 is 39.0 Å². The summed E-state index contributed by atoms with van der Waals surface area (Å²) in [6.07, 6.45) is 6.44. The summed E-state index contributed by atoms with van der Waals surface area (Å²) in [4.78, 5) is 2.40. The summed E-state index contributed by atoms with van der Waals surface area (Å²) in [6.45, 7) is 4.71. The van der Waals surface area contributed by atoms with E-state index in [1.54, 1.807) is 0 Å². The Morgan fingerprint density at radius 2 is 1.21 bits per heavy atom. The Balaban J connectivity index is 1.24. The van der Waals surface area contributed by atoms with Crippen LogP contribution in [0.25, 0.3) is 44.2 Å². The molecule has 2 aliphatic carbocycles. The van der Waals surface area contributed by atoms with Crippen LogP contribution in [-0.4, -0.2) is 0 Å². The van der Waals surface area contributed by atoms with Crippen molar-refractivity contribution in [2.24, 2.45) is 0 Å². The van der Waals surface area contributed by atoms with E-state index in [0.717, 1.165) is 28.2 Å². The molecule has 2 nitrogen and oxygen atoms in total. The number of rotatable bonds is 5. The molecule has 2 aliphatic rings. The van der Waals surface area contributed by atoms with Gasteiger partial charge < -0.3 is 9.32 Å². The molecule has 0 amide bonds. The van der Waals surface area contributed by atoms with Crippen molar-refractivity contribution in [1.82, 2.24) is 0 Å². The Hall–Kier alpha value is -5.08. The van der Waals surface area contributed by atoms with Gasteiger partial charge in [0.15, 0.2) is 5.58 Å². The summed E-state index contributed by atoms with van der Waals surface area (Å²) in [6, 6.07) is 48.9. The molecule has 1 aromatic heterocycles. The predicted molar refractivity (Wildman–Crippen MR) is 197 cm³/mol. The van der Waals surface area contributed by atoms with E-state index in [-0.39, 0.29) is 5.41 Å². The quantitative estimate of drug-likeness (QED) is 0.193. The zero-order valence-electron chi connectivity index (χ0n) is 27.2. The molecule has 0 saturated heterocycles. The fourth-order valence-electron chi connectivity index (χ4n) is 8.43. The second kappa shape index (κ2) is 11.0. The lowest BCUT2D eigenvalue weighted by Gasteiger charge is -2.28. The summed E-state index contributed by atoms with van der Waals surface area (Å²) in [5.41, 5.74) is 14.4. The monoisotopic (exact) mass is 609 g/mol. The molecule has 7 aromatic rings. The minimum atomic E-state index is -0.0922. The van der Waals surface area contributed by atoms with Crippen LogP contribution in [-0.2, 0) is 5.41 Å². The maximum Gasteiger partial charge on any atom is 0.159 e. The van der Waals surface area contributed by atoms with Gasteiger partial charge in [-0.05, 0) is 88.0 Å². The van der Waals surface area contributed by atoms with Gasteiger partial charge in [0.25, 0.3) is 0 Å². The Labute approximate surface area is 277 Å². The molecule has 0 spiro atoms. The molecule has 1 fully saturated rings. The second-order valence-electron chi connectivity index (χ2n) is 14.0. The molecule has 0 radical (unpaired) electrons. The highest BCUT2D eigenvalue weighted by Crippen LogP contribution is 2.51. The van der Waals surface area contributed by atoms with Gasteiger partial charge in [-0.1, -0.05) is 136 Å². The van der Waals surface area contributed by atoms with E-state index >= 15 is 0 Å². The first-order chi connectivity index (χ1) is 23.1. The minimum absolute atomic E-state index is 0.0922. The van der Waals surface area contributed by atoms with Crippen LogP contribution in [0.2, 0.25) is 0 Å². The van der Waals surface area contributed by atoms with Crippen molar-refractivity contribution in [3.05, 3.63) is 150 Å². The highest BCUT2D eigenvalue weighted by molar-refractivity contribution is 6.11. The summed E-state index contributed by atoms with van der Waals surface area (Å²) in [5.74, 6) is 0.568. The first-order valence-corrected chi connectivity index (χ1v) is 17.2. The number of furan rings is 1. The maximum atomic E-state index is 7.03. The van der Waals surface area contributed by atoms with Crippen molar-refractivity contribution < 1.29 is 4.42 Å². The zero-order valence-corrected chi connectivity index (χ0v) is 27.2. The Bertz CT molecular complexity index is 2250. The number of benzene rings is 6. The number of hydrogen-bond donors (Lipinski definition) is 0. The van der Waals surface area contributed by atoms with E-state index in [9.17, 15) is 0 Å². The molecule has 230 valence electrons. The molecule has 0 atom stereocenters. The van der Waals surface area contributed by atoms with Crippen LogP contribution in [0, 0.1) is 0 Å². The van der Waals surface area contributed by atoms with Gasteiger partial charge in [-0.25, -0.2) is 0 Å². The third-order valence-electron chi connectivity index (χ3n) is 10.9. The standard InChI is InChI=1S/C45H39NO/c1-45(2)40-21-10-9-17-36(40)37-28-27-34(29-41(37)45)46(33-25-23-31(24-26-33)30-13-5-3-6-14-30)42-22-12-20-39-38-19-11-18-35(43(38)47-44(39)42)32-15-7-4-8-16-32/h3,5-6,9-14,17-29,32H,4,7-8,15-16H2,1-2H3. The Kier molecular flexibility index (Phi) is 6.61. The lowest BCUT2D eigenvalue weighted by atomic mass is 9.82. The van der Waals surface area contributed by atoms with Gasteiger partial charge in [-0.15, -0.1) is 0 Å². The summed E-state index contributed by atoms with van der Waals surface area (Å²) >= 11 is 0. The molecule has 1 saturated carbocycles. The zero-order chi connectivity index (χ0) is 31.5. The third-order valence-corrected chi connectivity index (χ3v) is 10.9. The van der Waals surface area contributed by atoms with E-state index in [1.165, 1.54) is 81.8 Å². The van der Waals surface area contributed by atoms with Gasteiger partial charge in [0, 0.05) is 27.6 Å². The van der Waals surface area contributed by atoms with Gasteiger partial charge in [0.1, 0.15) is 5.58 Å². The summed E-state index contributed by atoms with van der Waals surface area (Å²) in [5, 5.41) is 2.39. The lowest BCUT2D eigenvalue weighted by molar-refractivity contribution is 0.442. The van der Waals surface area contributed by atoms with Crippen molar-refractivity contribution in [1.29, 1.82) is 0 Å². The summed E-state index contributed by atoms with van der Waals surface area (Å²) < 4.78 is 7.03. The topological polar surface area (TPSA) is 16.4 Å². The fraction of sp³-hybridized carbons (Fsp3) is 0.200. The van der Waals surface area contributed by atoms with Crippen molar-refractivity contribution in [2.75, 3.05) is 4.90 Å². The lowest BCUT2D eigenvalue weighted by Crippen LogP contribution is -2.16. The molecular formula is C45H39NO. The average Bonchev–Trinajstić information content (AvgIpc) is 3.62. The maximum absolute atomic E-state index is 7.03. The molecule has 0 unspecified atom stereocenters. The number of hydrogen-bond acceptors (Lipinski definition) is 2. The van der Waals surface area contributed by atoms with Gasteiger partial charge in [-0.3, -0.25) is 0 Å². The van der Waals surface area contributed by atoms with E-state index in [4.69, 9.17) is 4.42 Å². The fourth-order valence-corrected chi connectivity index (χ4v) is 8.43. The minimum Gasteiger partial charge on any atom is -0.454 e. The van der Waals surface area contributed by atoms with Gasteiger partial charge in [0.05, 0.1) is 5.69 Å². The molecule has 0 N–H and O–H groups in total. The van der Waals surface area contributed by atoms with Gasteiger partial charge in [0.2, 0.25) is 0 Å². The molecular weight excluding hydrogens is 571 g/mol. The molecule has 6 aromatic carbocycles. The smallest absolute Gasteiger partial charge is 0.159 e. The van der Waals surface area contributed by atoms with Gasteiger partial charge in [-0.2, -0.15) is 0 Å². The molecule has 1 heterocycles. The van der Waals surface area contributed by atoms with Crippen LogP contribution in [0.5, 0.6) is 0 Å². The van der Waals surface area contributed by atoms with Crippen LogP contribution in [0.4, 0.5) is 17.1 Å². The molecule has 9 rings (SSSR count). The van der Waals surface area contributed by atoms with E-state index < -0.39 is 0 Å². The number of fused-ring (bicyclic) bond motifs is 6. The van der Waals surface area contributed by atoms with Crippen LogP contribution < -0.4 is 4.90 Å². The van der Waals surface area contributed by atoms with Crippen LogP contribution in [0.15, 0.2) is 138 Å². The highest BCUT2D eigenvalue weighted by Gasteiger charge is 2.36. The Morgan fingerprint density at radius 1 is 0.553 bits per heavy atom. The van der Waals surface area contributed by atoms with Crippen molar-refractivity contribution in [2.45, 2.75) is 57.3 Å².